The van der Waals surface area contributed by atoms with Gasteiger partial charge in [-0.25, -0.2) is 4.98 Å². The molecule has 0 N–H and O–H groups in total. The van der Waals surface area contributed by atoms with Gasteiger partial charge in [-0.15, -0.1) is 0 Å². The summed E-state index contributed by atoms with van der Waals surface area (Å²) >= 11 is 0. The maximum absolute atomic E-state index is 13.9. The van der Waals surface area contributed by atoms with E-state index in [0.717, 1.165) is 51.5 Å². The quantitative estimate of drug-likeness (QED) is 0.609. The second kappa shape index (κ2) is 6.44. The Morgan fingerprint density at radius 1 is 0.967 bits per heavy atom. The summed E-state index contributed by atoms with van der Waals surface area (Å²) in [5.74, 6) is 4.19. The molecule has 4 nitrogen and oxygen atoms in total. The van der Waals surface area contributed by atoms with Gasteiger partial charge in [-0.3, -0.25) is 9.36 Å². The van der Waals surface area contributed by atoms with E-state index in [4.69, 9.17) is 9.72 Å². The summed E-state index contributed by atoms with van der Waals surface area (Å²) in [6, 6.07) is 13.9. The van der Waals surface area contributed by atoms with Crippen molar-refractivity contribution < 1.29 is 4.74 Å². The first-order valence-corrected chi connectivity index (χ1v) is 11.2. The fourth-order valence-corrected chi connectivity index (χ4v) is 7.11. The summed E-state index contributed by atoms with van der Waals surface area (Å²) in [5.41, 5.74) is 2.82. The fourth-order valence-electron chi connectivity index (χ4n) is 7.11. The molecule has 4 aliphatic carbocycles. The van der Waals surface area contributed by atoms with E-state index in [-0.39, 0.29) is 11.0 Å². The Balaban J connectivity index is 1.64. The normalized spacial score (nSPS) is 29.5. The first-order chi connectivity index (χ1) is 14.6. The predicted octanol–water partition coefficient (Wildman–Crippen LogP) is 5.17. The molecule has 154 valence electrons. The van der Waals surface area contributed by atoms with Gasteiger partial charge in [0.1, 0.15) is 11.6 Å². The van der Waals surface area contributed by atoms with Gasteiger partial charge in [-0.2, -0.15) is 0 Å². The molecule has 4 saturated carbocycles. The monoisotopic (exact) mass is 400 g/mol. The molecular weight excluding hydrogens is 372 g/mol. The number of nitrogens with zero attached hydrogens (tertiary/aromatic N) is 2. The highest BCUT2D eigenvalue weighted by atomic mass is 16.5. The van der Waals surface area contributed by atoms with Gasteiger partial charge in [-0.05, 0) is 99.1 Å². The molecule has 2 aromatic carbocycles. The van der Waals surface area contributed by atoms with E-state index in [1.165, 1.54) is 38.5 Å². The molecule has 0 unspecified atom stereocenters. The van der Waals surface area contributed by atoms with E-state index in [9.17, 15) is 4.79 Å². The molecule has 4 aliphatic rings. The molecule has 4 fully saturated rings. The van der Waals surface area contributed by atoms with E-state index < -0.39 is 0 Å². The van der Waals surface area contributed by atoms with Crippen molar-refractivity contribution in [3.63, 3.8) is 0 Å². The van der Waals surface area contributed by atoms with Gasteiger partial charge in [0.25, 0.3) is 5.56 Å². The average Bonchev–Trinajstić information content (AvgIpc) is 2.73. The SMILES string of the molecule is COc1ccc(-n2c(C34CC5CC(CC(C5)C3)C4)nc3cccc(C)c3c2=O)cc1. The molecule has 4 heteroatoms. The topological polar surface area (TPSA) is 44.1 Å². The van der Waals surface area contributed by atoms with Crippen molar-refractivity contribution in [3.8, 4) is 11.4 Å². The van der Waals surface area contributed by atoms with Crippen LogP contribution in [0.4, 0.5) is 0 Å². The van der Waals surface area contributed by atoms with Crippen molar-refractivity contribution in [3.05, 3.63) is 64.2 Å². The van der Waals surface area contributed by atoms with Crippen LogP contribution in [0.15, 0.2) is 47.3 Å². The van der Waals surface area contributed by atoms with Gasteiger partial charge in [0, 0.05) is 5.41 Å². The van der Waals surface area contributed by atoms with Crippen molar-refractivity contribution >= 4 is 10.9 Å². The average molecular weight is 401 g/mol. The Morgan fingerprint density at radius 2 is 1.60 bits per heavy atom. The summed E-state index contributed by atoms with van der Waals surface area (Å²) in [6.07, 6.45) is 7.66. The highest BCUT2D eigenvalue weighted by Crippen LogP contribution is 2.60. The highest BCUT2D eigenvalue weighted by Gasteiger charge is 2.53. The lowest BCUT2D eigenvalue weighted by molar-refractivity contribution is -0.0104. The molecule has 0 amide bonds. The minimum absolute atomic E-state index is 0.0335. The van der Waals surface area contributed by atoms with Gasteiger partial charge in [0.05, 0.1) is 23.7 Å². The largest absolute Gasteiger partial charge is 0.497 e. The first kappa shape index (κ1) is 18.2. The summed E-state index contributed by atoms with van der Waals surface area (Å²) in [6.45, 7) is 2.01. The number of methoxy groups -OCH3 is 1. The highest BCUT2D eigenvalue weighted by molar-refractivity contribution is 5.81. The standard InChI is InChI=1S/C26H28N2O2/c1-16-4-3-5-22-23(16)24(29)28(20-6-8-21(30-2)9-7-20)25(27-22)26-13-17-10-18(14-26)12-19(11-17)15-26/h3-9,17-19H,10-15H2,1-2H3. The van der Waals surface area contributed by atoms with Crippen LogP contribution in [-0.2, 0) is 5.41 Å². The molecule has 0 saturated heterocycles. The van der Waals surface area contributed by atoms with Crippen LogP contribution in [0.2, 0.25) is 0 Å². The van der Waals surface area contributed by atoms with Crippen LogP contribution in [-0.4, -0.2) is 16.7 Å². The Morgan fingerprint density at radius 3 is 2.20 bits per heavy atom. The third kappa shape index (κ3) is 2.59. The minimum atomic E-state index is 0.0335. The summed E-state index contributed by atoms with van der Waals surface area (Å²) in [7, 11) is 1.67. The third-order valence-electron chi connectivity index (χ3n) is 7.95. The number of fused-ring (bicyclic) bond motifs is 1. The Hall–Kier alpha value is -2.62. The molecule has 7 rings (SSSR count). The summed E-state index contributed by atoms with van der Waals surface area (Å²) < 4.78 is 7.28. The predicted molar refractivity (Wildman–Crippen MR) is 118 cm³/mol. The number of aromatic nitrogens is 2. The van der Waals surface area contributed by atoms with E-state index >= 15 is 0 Å². The molecule has 0 spiro atoms. The molecule has 1 heterocycles. The lowest BCUT2D eigenvalue weighted by Crippen LogP contribution is -2.51. The zero-order chi connectivity index (χ0) is 20.5. The molecular formula is C26H28N2O2. The number of hydrogen-bond acceptors (Lipinski definition) is 3. The summed E-state index contributed by atoms with van der Waals surface area (Å²) in [4.78, 5) is 19.1. The number of benzene rings is 2. The van der Waals surface area contributed by atoms with Crippen molar-refractivity contribution in [2.75, 3.05) is 7.11 Å². The van der Waals surface area contributed by atoms with Crippen LogP contribution >= 0.6 is 0 Å². The smallest absolute Gasteiger partial charge is 0.266 e. The lowest BCUT2D eigenvalue weighted by Gasteiger charge is -2.56. The fraction of sp³-hybridized carbons (Fsp3) is 0.462. The zero-order valence-corrected chi connectivity index (χ0v) is 17.7. The van der Waals surface area contributed by atoms with E-state index in [1.807, 2.05) is 54.0 Å². The Kier molecular flexibility index (Phi) is 3.90. The van der Waals surface area contributed by atoms with Crippen molar-refractivity contribution in [2.45, 2.75) is 50.9 Å². The first-order valence-electron chi connectivity index (χ1n) is 11.2. The molecule has 0 radical (unpaired) electrons. The van der Waals surface area contributed by atoms with Gasteiger partial charge < -0.3 is 4.74 Å². The molecule has 30 heavy (non-hydrogen) atoms. The van der Waals surface area contributed by atoms with Crippen molar-refractivity contribution in [1.82, 2.24) is 9.55 Å². The van der Waals surface area contributed by atoms with Crippen LogP contribution in [0, 0.1) is 24.7 Å². The van der Waals surface area contributed by atoms with Crippen LogP contribution < -0.4 is 10.3 Å². The zero-order valence-electron chi connectivity index (χ0n) is 17.7. The number of rotatable bonds is 3. The third-order valence-corrected chi connectivity index (χ3v) is 7.95. The van der Waals surface area contributed by atoms with E-state index in [0.29, 0.717) is 0 Å². The molecule has 1 aromatic heterocycles. The van der Waals surface area contributed by atoms with Gasteiger partial charge >= 0.3 is 0 Å². The van der Waals surface area contributed by atoms with Crippen molar-refractivity contribution in [2.24, 2.45) is 17.8 Å². The van der Waals surface area contributed by atoms with E-state index in [2.05, 4.69) is 0 Å². The van der Waals surface area contributed by atoms with Gasteiger partial charge in [0.15, 0.2) is 0 Å². The van der Waals surface area contributed by atoms with Crippen LogP contribution in [0.1, 0.15) is 49.9 Å². The number of hydrogen-bond donors (Lipinski definition) is 0. The van der Waals surface area contributed by atoms with Gasteiger partial charge in [0.2, 0.25) is 0 Å². The minimum Gasteiger partial charge on any atom is -0.497 e. The van der Waals surface area contributed by atoms with E-state index in [1.54, 1.807) is 7.11 Å². The van der Waals surface area contributed by atoms with Crippen LogP contribution in [0.25, 0.3) is 16.6 Å². The second-order valence-electron chi connectivity index (χ2n) is 9.94. The Bertz CT molecular complexity index is 1160. The van der Waals surface area contributed by atoms with Crippen LogP contribution in [0.5, 0.6) is 5.75 Å². The maximum atomic E-state index is 13.9. The Labute approximate surface area is 176 Å². The lowest BCUT2D eigenvalue weighted by atomic mass is 9.49. The number of ether oxygens (including phenoxy) is 1. The molecule has 0 aliphatic heterocycles. The van der Waals surface area contributed by atoms with Crippen LogP contribution in [0.3, 0.4) is 0 Å². The summed E-state index contributed by atoms with van der Waals surface area (Å²) in [5, 5.41) is 0.738. The molecule has 4 bridgehead atoms. The van der Waals surface area contributed by atoms with Gasteiger partial charge in [-0.1, -0.05) is 12.1 Å². The molecule has 0 atom stereocenters. The van der Waals surface area contributed by atoms with Crippen molar-refractivity contribution in [1.29, 1.82) is 0 Å². The molecule has 3 aromatic rings. The maximum Gasteiger partial charge on any atom is 0.266 e. The second-order valence-corrected chi connectivity index (χ2v) is 9.94. The number of aryl methyl sites for hydroxylation is 1.